The van der Waals surface area contributed by atoms with Crippen LogP contribution in [0.15, 0.2) is 0 Å². The second kappa shape index (κ2) is 11.7. The van der Waals surface area contributed by atoms with E-state index in [2.05, 4.69) is 12.6 Å². The third-order valence-electron chi connectivity index (χ3n) is 2.67. The molecule has 0 saturated heterocycles. The van der Waals surface area contributed by atoms with Gasteiger partial charge >= 0.3 is 0 Å². The molecule has 0 aromatic rings. The van der Waals surface area contributed by atoms with Gasteiger partial charge in [0.05, 0.1) is 5.75 Å². The van der Waals surface area contributed by atoms with E-state index in [1.165, 1.54) is 44.9 Å². The normalized spacial score (nSPS) is 11.9. The lowest BCUT2D eigenvalue weighted by molar-refractivity contribution is 0.587. The summed E-state index contributed by atoms with van der Waals surface area (Å²) in [5.41, 5.74) is 0. The van der Waals surface area contributed by atoms with Crippen LogP contribution < -0.4 is 0 Å². The number of thiol groups is 1. The molecule has 0 radical (unpaired) electrons. The van der Waals surface area contributed by atoms with E-state index in [0.717, 1.165) is 28.7 Å². The molecule has 0 aromatic carbocycles. The molecule has 0 bridgehead atoms. The van der Waals surface area contributed by atoms with Gasteiger partial charge in [-0.1, -0.05) is 45.4 Å². The summed E-state index contributed by atoms with van der Waals surface area (Å²) in [7, 11) is -1.70. The van der Waals surface area contributed by atoms with Crippen LogP contribution in [0.1, 0.15) is 58.3 Å². The molecule has 104 valence electrons. The SMILES string of the molecule is CCS(=O)(=O)SCCCCCCCCCCS. The molecule has 0 rings (SSSR count). The molecule has 0 atom stereocenters. The highest BCUT2D eigenvalue weighted by Gasteiger charge is 2.06. The summed E-state index contributed by atoms with van der Waals surface area (Å²) >= 11 is 4.18. The van der Waals surface area contributed by atoms with Crippen LogP contribution in [0.25, 0.3) is 0 Å². The van der Waals surface area contributed by atoms with E-state index in [9.17, 15) is 8.42 Å². The molecule has 0 aliphatic rings. The smallest absolute Gasteiger partial charge is 0.201 e. The van der Waals surface area contributed by atoms with Crippen molar-refractivity contribution in [3.05, 3.63) is 0 Å². The fourth-order valence-electron chi connectivity index (χ4n) is 1.54. The fraction of sp³-hybridized carbons (Fsp3) is 1.00. The van der Waals surface area contributed by atoms with Crippen LogP contribution in [0.2, 0.25) is 0 Å². The molecule has 0 amide bonds. The molecule has 0 saturated carbocycles. The standard InChI is InChI=1S/C12H26O2S3/c1-2-17(13,14)16-12-10-8-6-4-3-5-7-9-11-15/h15H,2-12H2,1H3. The Kier molecular flexibility index (Phi) is 12.2. The van der Waals surface area contributed by atoms with E-state index in [-0.39, 0.29) is 5.75 Å². The lowest BCUT2D eigenvalue weighted by Gasteiger charge is -2.02. The van der Waals surface area contributed by atoms with Gasteiger partial charge in [0.15, 0.2) is 0 Å². The van der Waals surface area contributed by atoms with Gasteiger partial charge < -0.3 is 0 Å². The number of unbranched alkanes of at least 4 members (excludes halogenated alkanes) is 7. The summed E-state index contributed by atoms with van der Waals surface area (Å²) in [6.45, 7) is 1.70. The molecule has 0 N–H and O–H groups in total. The van der Waals surface area contributed by atoms with Gasteiger partial charge in [0.1, 0.15) is 0 Å². The quantitative estimate of drug-likeness (QED) is 0.334. The molecule has 5 heteroatoms. The van der Waals surface area contributed by atoms with Crippen molar-refractivity contribution in [2.45, 2.75) is 58.3 Å². The molecule has 0 heterocycles. The second-order valence-electron chi connectivity index (χ2n) is 4.22. The Bertz CT molecular complexity index is 250. The minimum Gasteiger partial charge on any atom is -0.217 e. The molecule has 0 aromatic heterocycles. The third kappa shape index (κ3) is 12.9. The van der Waals surface area contributed by atoms with Gasteiger partial charge in [0.25, 0.3) is 0 Å². The predicted molar refractivity (Wildman–Crippen MR) is 82.7 cm³/mol. The highest BCUT2D eigenvalue weighted by Crippen LogP contribution is 2.16. The van der Waals surface area contributed by atoms with Crippen molar-refractivity contribution in [2.75, 3.05) is 17.3 Å². The fourth-order valence-corrected chi connectivity index (χ4v) is 4.13. The first-order chi connectivity index (χ1) is 8.12. The highest BCUT2D eigenvalue weighted by molar-refractivity contribution is 8.72. The average molecular weight is 299 g/mol. The first-order valence-corrected chi connectivity index (χ1v) is 10.4. The largest absolute Gasteiger partial charge is 0.217 e. The summed E-state index contributed by atoms with van der Waals surface area (Å²) in [6, 6.07) is 0. The number of hydrogen-bond acceptors (Lipinski definition) is 4. The van der Waals surface area contributed by atoms with E-state index < -0.39 is 8.87 Å². The Morgan fingerprint density at radius 1 is 0.882 bits per heavy atom. The number of hydrogen-bond donors (Lipinski definition) is 1. The minimum absolute atomic E-state index is 0.253. The van der Waals surface area contributed by atoms with E-state index in [1.807, 2.05) is 0 Å². The van der Waals surface area contributed by atoms with Gasteiger partial charge in [0, 0.05) is 5.75 Å². The predicted octanol–water partition coefficient (Wildman–Crippen LogP) is 4.12. The molecular formula is C12H26O2S3. The van der Waals surface area contributed by atoms with E-state index in [4.69, 9.17) is 0 Å². The summed E-state index contributed by atoms with van der Waals surface area (Å²) in [5.74, 6) is 2.02. The van der Waals surface area contributed by atoms with Crippen molar-refractivity contribution >= 4 is 32.3 Å². The third-order valence-corrected chi connectivity index (χ3v) is 6.79. The van der Waals surface area contributed by atoms with Crippen LogP contribution in [0.5, 0.6) is 0 Å². The van der Waals surface area contributed by atoms with Crippen LogP contribution in [0, 0.1) is 0 Å². The maximum atomic E-state index is 11.2. The Labute approximate surface area is 116 Å². The van der Waals surface area contributed by atoms with Gasteiger partial charge in [-0.15, -0.1) is 0 Å². The van der Waals surface area contributed by atoms with Crippen molar-refractivity contribution in [3.8, 4) is 0 Å². The van der Waals surface area contributed by atoms with Crippen molar-refractivity contribution in [3.63, 3.8) is 0 Å². The van der Waals surface area contributed by atoms with E-state index in [1.54, 1.807) is 6.92 Å². The zero-order valence-corrected chi connectivity index (χ0v) is 13.4. The zero-order chi connectivity index (χ0) is 13.0. The van der Waals surface area contributed by atoms with E-state index >= 15 is 0 Å². The van der Waals surface area contributed by atoms with Crippen LogP contribution in [0.4, 0.5) is 0 Å². The average Bonchev–Trinajstić information content (AvgIpc) is 2.31. The van der Waals surface area contributed by atoms with Gasteiger partial charge in [-0.2, -0.15) is 12.6 Å². The van der Waals surface area contributed by atoms with Gasteiger partial charge in [-0.25, -0.2) is 8.42 Å². The van der Waals surface area contributed by atoms with Gasteiger partial charge in [0.2, 0.25) is 8.87 Å². The molecular weight excluding hydrogens is 272 g/mol. The Balaban J connectivity index is 3.14. The maximum Gasteiger partial charge on any atom is 0.201 e. The first-order valence-electron chi connectivity index (χ1n) is 6.60. The number of rotatable bonds is 12. The maximum absolute atomic E-state index is 11.2. The van der Waals surface area contributed by atoms with Crippen molar-refractivity contribution in [1.82, 2.24) is 0 Å². The molecule has 0 aliphatic heterocycles. The van der Waals surface area contributed by atoms with Crippen LogP contribution in [-0.2, 0) is 8.87 Å². The van der Waals surface area contributed by atoms with Crippen molar-refractivity contribution in [2.24, 2.45) is 0 Å². The molecule has 0 aliphatic carbocycles. The first kappa shape index (κ1) is 17.6. The molecule has 0 unspecified atom stereocenters. The second-order valence-corrected chi connectivity index (χ2v) is 9.23. The van der Waals surface area contributed by atoms with Crippen molar-refractivity contribution < 1.29 is 8.42 Å². The molecule has 17 heavy (non-hydrogen) atoms. The Hall–Kier alpha value is 0.650. The summed E-state index contributed by atoms with van der Waals surface area (Å²) in [5, 5.41) is 0. The molecule has 0 spiro atoms. The van der Waals surface area contributed by atoms with Gasteiger partial charge in [-0.05, 0) is 29.4 Å². The Morgan fingerprint density at radius 2 is 1.35 bits per heavy atom. The molecule has 0 fully saturated rings. The highest BCUT2D eigenvalue weighted by atomic mass is 33.1. The van der Waals surface area contributed by atoms with Crippen LogP contribution in [0.3, 0.4) is 0 Å². The molecule has 2 nitrogen and oxygen atoms in total. The lowest BCUT2D eigenvalue weighted by atomic mass is 10.1. The van der Waals surface area contributed by atoms with Crippen LogP contribution in [-0.4, -0.2) is 25.7 Å². The van der Waals surface area contributed by atoms with E-state index in [0.29, 0.717) is 0 Å². The topological polar surface area (TPSA) is 34.1 Å². The lowest BCUT2D eigenvalue weighted by Crippen LogP contribution is -1.97. The summed E-state index contributed by atoms with van der Waals surface area (Å²) < 4.78 is 22.4. The van der Waals surface area contributed by atoms with Crippen LogP contribution >= 0.6 is 23.4 Å². The Morgan fingerprint density at radius 3 is 1.82 bits per heavy atom. The minimum atomic E-state index is -2.82. The van der Waals surface area contributed by atoms with Gasteiger partial charge in [-0.3, -0.25) is 0 Å². The summed E-state index contributed by atoms with van der Waals surface area (Å²) in [6.07, 6.45) is 9.89. The summed E-state index contributed by atoms with van der Waals surface area (Å²) in [4.78, 5) is 0. The van der Waals surface area contributed by atoms with Crippen molar-refractivity contribution in [1.29, 1.82) is 0 Å². The zero-order valence-electron chi connectivity index (χ0n) is 10.9. The monoisotopic (exact) mass is 298 g/mol.